The van der Waals surface area contributed by atoms with Crippen molar-refractivity contribution in [2.75, 3.05) is 38.2 Å². The van der Waals surface area contributed by atoms with Crippen LogP contribution in [-0.2, 0) is 0 Å². The molecular formula is C15H32N2S. The Morgan fingerprint density at radius 3 is 2.72 bits per heavy atom. The molecule has 1 heterocycles. The predicted molar refractivity (Wildman–Crippen MR) is 84.6 cm³/mol. The summed E-state index contributed by atoms with van der Waals surface area (Å²) in [6.45, 7) is 9.69. The van der Waals surface area contributed by atoms with Crippen LogP contribution in [0.5, 0.6) is 0 Å². The number of unbranched alkanes of at least 4 members (excludes halogenated alkanes) is 3. The third-order valence-corrected chi connectivity index (χ3v) is 4.83. The summed E-state index contributed by atoms with van der Waals surface area (Å²) in [7, 11) is 0. The second-order valence-electron chi connectivity index (χ2n) is 5.88. The summed E-state index contributed by atoms with van der Waals surface area (Å²) >= 11 is 1.97. The first-order valence-corrected chi connectivity index (χ1v) is 9.06. The summed E-state index contributed by atoms with van der Waals surface area (Å²) in [6, 6.07) is 0. The maximum Gasteiger partial charge on any atom is 0.0277 e. The molecule has 0 amide bonds. The Bertz CT molecular complexity index is 211. The summed E-state index contributed by atoms with van der Waals surface area (Å²) in [5.74, 6) is 1.33. The first kappa shape index (κ1) is 16.3. The zero-order chi connectivity index (χ0) is 13.3. The fourth-order valence-electron chi connectivity index (χ4n) is 2.68. The third kappa shape index (κ3) is 6.44. The first-order chi connectivity index (χ1) is 8.70. The number of rotatable bonds is 8. The highest BCUT2D eigenvalue weighted by molar-refractivity contribution is 7.98. The predicted octanol–water partition coefficient (Wildman–Crippen LogP) is 3.37. The Balaban J connectivity index is 2.16. The Morgan fingerprint density at radius 2 is 2.00 bits per heavy atom. The minimum atomic E-state index is 0.343. The molecule has 1 atom stereocenters. The molecule has 108 valence electrons. The lowest BCUT2D eigenvalue weighted by Gasteiger charge is -2.32. The van der Waals surface area contributed by atoms with Gasteiger partial charge < -0.3 is 10.2 Å². The summed E-state index contributed by atoms with van der Waals surface area (Å²) in [4.78, 5) is 2.68. The third-order valence-electron chi connectivity index (χ3n) is 4.13. The van der Waals surface area contributed by atoms with Gasteiger partial charge in [-0.3, -0.25) is 0 Å². The standard InChI is InChI=1S/C15H32N2S/c1-4-15(2)14-17(12-9-10-16-15)11-7-5-6-8-13-18-3/h16H,4-14H2,1-3H3. The van der Waals surface area contributed by atoms with Gasteiger partial charge in [-0.2, -0.15) is 11.8 Å². The van der Waals surface area contributed by atoms with E-state index in [2.05, 4.69) is 30.3 Å². The van der Waals surface area contributed by atoms with Crippen LogP contribution in [0.15, 0.2) is 0 Å². The highest BCUT2D eigenvalue weighted by Crippen LogP contribution is 2.16. The molecule has 18 heavy (non-hydrogen) atoms. The van der Waals surface area contributed by atoms with Crippen molar-refractivity contribution in [1.29, 1.82) is 0 Å². The van der Waals surface area contributed by atoms with Crippen LogP contribution in [0.3, 0.4) is 0 Å². The van der Waals surface area contributed by atoms with E-state index in [1.807, 2.05) is 11.8 Å². The lowest BCUT2D eigenvalue weighted by molar-refractivity contribution is 0.211. The van der Waals surface area contributed by atoms with E-state index in [0.717, 1.165) is 0 Å². The van der Waals surface area contributed by atoms with Gasteiger partial charge >= 0.3 is 0 Å². The fraction of sp³-hybridized carbons (Fsp3) is 1.00. The van der Waals surface area contributed by atoms with E-state index in [1.165, 1.54) is 70.5 Å². The van der Waals surface area contributed by atoms with E-state index in [1.54, 1.807) is 0 Å². The normalized spacial score (nSPS) is 26.2. The Morgan fingerprint density at radius 1 is 1.22 bits per heavy atom. The summed E-state index contributed by atoms with van der Waals surface area (Å²) in [5, 5.41) is 3.71. The van der Waals surface area contributed by atoms with E-state index < -0.39 is 0 Å². The molecule has 1 rings (SSSR count). The minimum Gasteiger partial charge on any atom is -0.310 e. The van der Waals surface area contributed by atoms with Crippen LogP contribution in [0.1, 0.15) is 52.4 Å². The number of hydrogen-bond acceptors (Lipinski definition) is 3. The van der Waals surface area contributed by atoms with Crippen LogP contribution in [0.25, 0.3) is 0 Å². The number of nitrogens with zero attached hydrogens (tertiary/aromatic N) is 1. The van der Waals surface area contributed by atoms with E-state index in [0.29, 0.717) is 5.54 Å². The Labute approximate surface area is 118 Å². The monoisotopic (exact) mass is 272 g/mol. The van der Waals surface area contributed by atoms with Crippen molar-refractivity contribution in [2.24, 2.45) is 0 Å². The molecule has 0 aliphatic carbocycles. The number of thioether (sulfide) groups is 1. The van der Waals surface area contributed by atoms with Gasteiger partial charge in [0.1, 0.15) is 0 Å². The van der Waals surface area contributed by atoms with Gasteiger partial charge in [-0.05, 0) is 64.2 Å². The van der Waals surface area contributed by atoms with Gasteiger partial charge in [0.2, 0.25) is 0 Å². The second-order valence-corrected chi connectivity index (χ2v) is 6.86. The van der Waals surface area contributed by atoms with E-state index in [4.69, 9.17) is 0 Å². The van der Waals surface area contributed by atoms with Crippen LogP contribution in [0.2, 0.25) is 0 Å². The lowest BCUT2D eigenvalue weighted by atomic mass is 9.98. The Hall–Kier alpha value is 0.270. The van der Waals surface area contributed by atoms with Crippen LogP contribution in [0.4, 0.5) is 0 Å². The highest BCUT2D eigenvalue weighted by Gasteiger charge is 2.26. The average molecular weight is 273 g/mol. The van der Waals surface area contributed by atoms with Crippen molar-refractivity contribution in [2.45, 2.75) is 57.9 Å². The zero-order valence-corrected chi connectivity index (χ0v) is 13.5. The molecule has 1 fully saturated rings. The van der Waals surface area contributed by atoms with Crippen molar-refractivity contribution < 1.29 is 0 Å². The Kier molecular flexibility index (Phi) is 8.36. The van der Waals surface area contributed by atoms with Gasteiger partial charge in [0.15, 0.2) is 0 Å². The summed E-state index contributed by atoms with van der Waals surface area (Å²) in [5.41, 5.74) is 0.343. The maximum absolute atomic E-state index is 3.71. The van der Waals surface area contributed by atoms with Gasteiger partial charge in [-0.25, -0.2) is 0 Å². The molecule has 2 nitrogen and oxygen atoms in total. The molecule has 1 N–H and O–H groups in total. The van der Waals surface area contributed by atoms with Gasteiger partial charge in [0.05, 0.1) is 0 Å². The van der Waals surface area contributed by atoms with E-state index in [-0.39, 0.29) is 0 Å². The largest absolute Gasteiger partial charge is 0.310 e. The summed E-state index contributed by atoms with van der Waals surface area (Å²) in [6.07, 6.45) is 10.4. The fourth-order valence-corrected chi connectivity index (χ4v) is 3.18. The number of nitrogens with one attached hydrogen (secondary N) is 1. The van der Waals surface area contributed by atoms with Crippen molar-refractivity contribution >= 4 is 11.8 Å². The molecule has 0 bridgehead atoms. The van der Waals surface area contributed by atoms with Crippen molar-refractivity contribution in [3.05, 3.63) is 0 Å². The molecule has 0 aromatic rings. The van der Waals surface area contributed by atoms with Gasteiger partial charge in [-0.1, -0.05) is 19.8 Å². The average Bonchev–Trinajstić information content (AvgIpc) is 2.56. The smallest absolute Gasteiger partial charge is 0.0277 e. The molecule has 1 unspecified atom stereocenters. The topological polar surface area (TPSA) is 15.3 Å². The highest BCUT2D eigenvalue weighted by atomic mass is 32.2. The van der Waals surface area contributed by atoms with E-state index in [9.17, 15) is 0 Å². The number of hydrogen-bond donors (Lipinski definition) is 1. The molecule has 0 spiro atoms. The van der Waals surface area contributed by atoms with Crippen LogP contribution >= 0.6 is 11.8 Å². The zero-order valence-electron chi connectivity index (χ0n) is 12.6. The molecular weight excluding hydrogens is 240 g/mol. The van der Waals surface area contributed by atoms with Crippen LogP contribution in [0, 0.1) is 0 Å². The SMILES string of the molecule is CCC1(C)CN(CCCCCCSC)CCCN1. The van der Waals surface area contributed by atoms with E-state index >= 15 is 0 Å². The van der Waals surface area contributed by atoms with Crippen molar-refractivity contribution in [3.8, 4) is 0 Å². The first-order valence-electron chi connectivity index (χ1n) is 7.66. The van der Waals surface area contributed by atoms with Gasteiger partial charge in [0.25, 0.3) is 0 Å². The van der Waals surface area contributed by atoms with Crippen LogP contribution < -0.4 is 5.32 Å². The molecule has 1 saturated heterocycles. The molecule has 0 saturated carbocycles. The minimum absolute atomic E-state index is 0.343. The van der Waals surface area contributed by atoms with Crippen molar-refractivity contribution in [1.82, 2.24) is 10.2 Å². The molecule has 0 aromatic heterocycles. The van der Waals surface area contributed by atoms with Gasteiger partial charge in [0, 0.05) is 12.1 Å². The quantitative estimate of drug-likeness (QED) is 0.682. The maximum atomic E-state index is 3.71. The molecule has 1 aliphatic rings. The van der Waals surface area contributed by atoms with Gasteiger partial charge in [-0.15, -0.1) is 0 Å². The molecule has 0 radical (unpaired) electrons. The lowest BCUT2D eigenvalue weighted by Crippen LogP contribution is -2.48. The molecule has 3 heteroatoms. The van der Waals surface area contributed by atoms with Crippen molar-refractivity contribution in [3.63, 3.8) is 0 Å². The van der Waals surface area contributed by atoms with Crippen LogP contribution in [-0.4, -0.2) is 48.6 Å². The summed E-state index contributed by atoms with van der Waals surface area (Å²) < 4.78 is 0. The molecule has 1 aliphatic heterocycles. The second kappa shape index (κ2) is 9.22. The molecule has 0 aromatic carbocycles.